The number of amides is 1. The van der Waals surface area contributed by atoms with Gasteiger partial charge in [-0.15, -0.1) is 0 Å². The lowest BCUT2D eigenvalue weighted by molar-refractivity contribution is -0.143. The Morgan fingerprint density at radius 3 is 2.11 bits per heavy atom. The normalized spacial score (nSPS) is 18.0. The number of rotatable bonds is 7. The van der Waals surface area contributed by atoms with Gasteiger partial charge in [-0.2, -0.15) is 34.8 Å². The van der Waals surface area contributed by atoms with Crippen LogP contribution in [0.15, 0.2) is 59.5 Å². The molecule has 1 fully saturated rings. The van der Waals surface area contributed by atoms with Gasteiger partial charge >= 0.3 is 12.4 Å². The maximum absolute atomic E-state index is 13.6. The molecule has 1 heterocycles. The van der Waals surface area contributed by atoms with Crippen molar-refractivity contribution in [2.24, 2.45) is 0 Å². The van der Waals surface area contributed by atoms with Crippen molar-refractivity contribution in [3.8, 4) is 0 Å². The number of halogens is 9. The van der Waals surface area contributed by atoms with Crippen molar-refractivity contribution in [3.63, 3.8) is 0 Å². The van der Waals surface area contributed by atoms with Crippen LogP contribution in [0.5, 0.6) is 0 Å². The predicted molar refractivity (Wildman–Crippen MR) is 153 cm³/mol. The van der Waals surface area contributed by atoms with Crippen molar-refractivity contribution >= 4 is 50.8 Å². The first-order valence-corrected chi connectivity index (χ1v) is 15.6. The van der Waals surface area contributed by atoms with Crippen LogP contribution in [0.3, 0.4) is 0 Å². The zero-order chi connectivity index (χ0) is 32.7. The molecule has 3 aromatic carbocycles. The van der Waals surface area contributed by atoms with Gasteiger partial charge in [0.25, 0.3) is 10.1 Å². The fraction of sp³-hybridized carbons (Fsp3) is 0.345. The van der Waals surface area contributed by atoms with E-state index in [1.165, 1.54) is 42.2 Å². The van der Waals surface area contributed by atoms with Crippen LogP contribution in [0.25, 0.3) is 0 Å². The number of benzene rings is 3. The van der Waals surface area contributed by atoms with Crippen molar-refractivity contribution in [2.45, 2.75) is 48.8 Å². The number of hydrogen-bond donors (Lipinski definition) is 0. The third-order valence-corrected chi connectivity index (χ3v) is 9.73. The van der Waals surface area contributed by atoms with Crippen LogP contribution in [0.1, 0.15) is 47.6 Å². The van der Waals surface area contributed by atoms with E-state index in [1.54, 1.807) is 6.07 Å². The van der Waals surface area contributed by atoms with Crippen molar-refractivity contribution in [1.29, 1.82) is 0 Å². The molecular formula is C29H24Cl3F6NO4S. The summed E-state index contributed by atoms with van der Waals surface area (Å²) in [5.74, 6) is -0.766. The van der Waals surface area contributed by atoms with E-state index in [2.05, 4.69) is 0 Å². The molecule has 1 saturated heterocycles. The monoisotopic (exact) mass is 701 g/mol. The van der Waals surface area contributed by atoms with Crippen LogP contribution >= 0.6 is 34.8 Å². The van der Waals surface area contributed by atoms with Crippen LogP contribution in [0, 0.1) is 0 Å². The molecule has 15 heteroatoms. The standard InChI is InChI=1S/C29H24Cl3F6NO4S/c1-2-43-44(41,42)25-7-5-21(30)15-22(25)27(18-4-6-23(31)24(32)14-18)8-3-9-39(16-27)26(40)12-17-10-19(28(33,34)35)13-20(11-17)29(36,37)38/h4-7,10-11,13-15H,2-3,8-9,12,16H2,1H3. The molecule has 0 bridgehead atoms. The Labute approximate surface area is 264 Å². The Morgan fingerprint density at radius 2 is 1.55 bits per heavy atom. The predicted octanol–water partition coefficient (Wildman–Crippen LogP) is 8.56. The third-order valence-electron chi connectivity index (χ3n) is 7.32. The van der Waals surface area contributed by atoms with E-state index in [9.17, 15) is 39.6 Å². The van der Waals surface area contributed by atoms with E-state index in [-0.39, 0.29) is 64.1 Å². The van der Waals surface area contributed by atoms with E-state index in [4.69, 9.17) is 39.0 Å². The highest BCUT2D eigenvalue weighted by atomic mass is 35.5. The molecule has 0 radical (unpaired) electrons. The summed E-state index contributed by atoms with van der Waals surface area (Å²) in [7, 11) is -4.33. The highest BCUT2D eigenvalue weighted by Gasteiger charge is 2.44. The smallest absolute Gasteiger partial charge is 0.341 e. The van der Waals surface area contributed by atoms with Gasteiger partial charge in [-0.05, 0) is 85.0 Å². The summed E-state index contributed by atoms with van der Waals surface area (Å²) in [5, 5.41) is 0.501. The van der Waals surface area contributed by atoms with Gasteiger partial charge in [-0.1, -0.05) is 40.9 Å². The van der Waals surface area contributed by atoms with E-state index in [0.29, 0.717) is 17.7 Å². The number of hydrogen-bond acceptors (Lipinski definition) is 4. The van der Waals surface area contributed by atoms with Crippen LogP contribution in [0.2, 0.25) is 15.1 Å². The summed E-state index contributed by atoms with van der Waals surface area (Å²) in [5.41, 5.74) is -4.22. The average Bonchev–Trinajstić information content (AvgIpc) is 2.93. The minimum Gasteiger partial charge on any atom is -0.341 e. The highest BCUT2D eigenvalue weighted by Crippen LogP contribution is 2.46. The molecule has 1 amide bonds. The lowest BCUT2D eigenvalue weighted by Crippen LogP contribution is -2.50. The Morgan fingerprint density at radius 1 is 0.909 bits per heavy atom. The Kier molecular flexibility index (Phi) is 9.92. The molecule has 0 saturated carbocycles. The van der Waals surface area contributed by atoms with Gasteiger partial charge in [0.1, 0.15) is 0 Å². The van der Waals surface area contributed by atoms with E-state index in [1.807, 2.05) is 0 Å². The first kappa shape index (κ1) is 34.4. The summed E-state index contributed by atoms with van der Waals surface area (Å²) >= 11 is 18.8. The Balaban J connectivity index is 1.83. The molecule has 1 atom stereocenters. The summed E-state index contributed by atoms with van der Waals surface area (Å²) in [4.78, 5) is 14.6. The number of carbonyl (C=O) groups excluding carboxylic acids is 1. The zero-order valence-electron chi connectivity index (χ0n) is 22.8. The lowest BCUT2D eigenvalue weighted by Gasteiger charge is -2.44. The SMILES string of the molecule is CCOS(=O)(=O)c1ccc(Cl)cc1C1(c2ccc(Cl)c(Cl)c2)CCCN(C(=O)Cc2cc(C(F)(F)F)cc(C(F)(F)F)c2)C1. The average molecular weight is 703 g/mol. The molecule has 0 aliphatic carbocycles. The summed E-state index contributed by atoms with van der Waals surface area (Å²) < 4.78 is 112. The molecule has 4 rings (SSSR count). The Hall–Kier alpha value is -2.51. The van der Waals surface area contributed by atoms with Gasteiger partial charge in [0.05, 0.1) is 39.1 Å². The van der Waals surface area contributed by atoms with Crippen LogP contribution < -0.4 is 0 Å². The highest BCUT2D eigenvalue weighted by molar-refractivity contribution is 7.86. The second-order valence-corrected chi connectivity index (χ2v) is 13.1. The van der Waals surface area contributed by atoms with Crippen LogP contribution in [-0.4, -0.2) is 38.9 Å². The van der Waals surface area contributed by atoms with Crippen LogP contribution in [0.4, 0.5) is 26.3 Å². The Bertz CT molecular complexity index is 1650. The second-order valence-electron chi connectivity index (χ2n) is 10.2. The van der Waals surface area contributed by atoms with Gasteiger partial charge in [-0.3, -0.25) is 8.98 Å². The largest absolute Gasteiger partial charge is 0.416 e. The number of nitrogens with zero attached hydrogens (tertiary/aromatic N) is 1. The topological polar surface area (TPSA) is 63.7 Å². The summed E-state index contributed by atoms with van der Waals surface area (Å²) in [6.45, 7) is 1.21. The number of carbonyl (C=O) groups is 1. The molecule has 1 unspecified atom stereocenters. The van der Waals surface area contributed by atoms with Gasteiger partial charge < -0.3 is 4.90 Å². The quantitative estimate of drug-likeness (QED) is 0.183. The second kappa shape index (κ2) is 12.7. The maximum atomic E-state index is 13.6. The molecule has 5 nitrogen and oxygen atoms in total. The van der Waals surface area contributed by atoms with Crippen molar-refractivity contribution < 1.29 is 43.7 Å². The number of likely N-dealkylation sites (tertiary alicyclic amines) is 1. The first-order valence-electron chi connectivity index (χ1n) is 13.1. The van der Waals surface area contributed by atoms with Gasteiger partial charge in [-0.25, -0.2) is 0 Å². The molecule has 3 aromatic rings. The molecule has 0 N–H and O–H groups in total. The van der Waals surface area contributed by atoms with E-state index in [0.717, 1.165) is 0 Å². The number of piperidine rings is 1. The van der Waals surface area contributed by atoms with E-state index >= 15 is 0 Å². The molecule has 0 aromatic heterocycles. The maximum Gasteiger partial charge on any atom is 0.416 e. The first-order chi connectivity index (χ1) is 20.4. The minimum atomic E-state index is -5.08. The lowest BCUT2D eigenvalue weighted by atomic mass is 9.69. The van der Waals surface area contributed by atoms with Crippen molar-refractivity contribution in [1.82, 2.24) is 4.90 Å². The molecule has 1 aliphatic rings. The summed E-state index contributed by atoms with van der Waals surface area (Å²) in [6, 6.07) is 9.66. The fourth-order valence-electron chi connectivity index (χ4n) is 5.39. The third kappa shape index (κ3) is 7.31. The summed E-state index contributed by atoms with van der Waals surface area (Å²) in [6.07, 6.45) is -10.4. The van der Waals surface area contributed by atoms with Gasteiger partial charge in [0.2, 0.25) is 5.91 Å². The van der Waals surface area contributed by atoms with Gasteiger partial charge in [0, 0.05) is 23.5 Å². The molecule has 238 valence electrons. The molecule has 1 aliphatic heterocycles. The molecular weight excluding hydrogens is 679 g/mol. The number of alkyl halides is 6. The minimum absolute atomic E-state index is 0.0103. The molecule has 0 spiro atoms. The molecule has 44 heavy (non-hydrogen) atoms. The van der Waals surface area contributed by atoms with Crippen molar-refractivity contribution in [3.05, 3.63) is 97.5 Å². The van der Waals surface area contributed by atoms with Gasteiger partial charge in [0.15, 0.2) is 0 Å². The van der Waals surface area contributed by atoms with E-state index < -0.39 is 56.9 Å². The fourth-order valence-corrected chi connectivity index (χ4v) is 7.06. The van der Waals surface area contributed by atoms with Crippen molar-refractivity contribution in [2.75, 3.05) is 19.7 Å². The van der Waals surface area contributed by atoms with Crippen LogP contribution in [-0.2, 0) is 43.3 Å². The zero-order valence-corrected chi connectivity index (χ0v) is 25.9.